The van der Waals surface area contributed by atoms with Crippen molar-refractivity contribution < 1.29 is 14.3 Å². The number of hydrogen-bond donors (Lipinski definition) is 1. The van der Waals surface area contributed by atoms with E-state index in [0.717, 1.165) is 12.8 Å². The fraction of sp³-hybridized carbons (Fsp3) is 0.462. The zero-order chi connectivity index (χ0) is 12.1. The number of carbonyl (C=O) groups is 1. The van der Waals surface area contributed by atoms with Crippen LogP contribution in [0.1, 0.15) is 18.4 Å². The fourth-order valence-electron chi connectivity index (χ4n) is 1.83. The molecule has 1 fully saturated rings. The predicted molar refractivity (Wildman–Crippen MR) is 63.2 cm³/mol. The van der Waals surface area contributed by atoms with Crippen LogP contribution in [-0.4, -0.2) is 24.9 Å². The quantitative estimate of drug-likeness (QED) is 0.616. The predicted octanol–water partition coefficient (Wildman–Crippen LogP) is 1.24. The molecule has 17 heavy (non-hydrogen) atoms. The van der Waals surface area contributed by atoms with Gasteiger partial charge in [-0.15, -0.1) is 0 Å². The lowest BCUT2D eigenvalue weighted by Gasteiger charge is -2.14. The highest BCUT2D eigenvalue weighted by atomic mass is 16.7. The number of nitrogens with two attached hydrogens (primary N) is 1. The molecule has 1 saturated heterocycles. The van der Waals surface area contributed by atoms with Gasteiger partial charge in [-0.1, -0.05) is 30.3 Å². The van der Waals surface area contributed by atoms with E-state index in [1.165, 1.54) is 5.56 Å². The molecule has 2 N–H and O–H groups in total. The van der Waals surface area contributed by atoms with E-state index in [1.807, 2.05) is 18.2 Å². The van der Waals surface area contributed by atoms with Crippen LogP contribution < -0.4 is 5.73 Å². The van der Waals surface area contributed by atoms with Crippen LogP contribution in [0.25, 0.3) is 0 Å². The van der Waals surface area contributed by atoms with Gasteiger partial charge in [-0.2, -0.15) is 0 Å². The molecule has 0 aliphatic carbocycles. The van der Waals surface area contributed by atoms with Crippen LogP contribution in [0.15, 0.2) is 30.3 Å². The Morgan fingerprint density at radius 3 is 2.76 bits per heavy atom. The molecular formula is C13H17NO3. The van der Waals surface area contributed by atoms with E-state index in [4.69, 9.17) is 15.2 Å². The summed E-state index contributed by atoms with van der Waals surface area (Å²) >= 11 is 0. The van der Waals surface area contributed by atoms with E-state index in [0.29, 0.717) is 6.61 Å². The Kier molecular flexibility index (Phi) is 4.12. The van der Waals surface area contributed by atoms with Crippen molar-refractivity contribution in [1.29, 1.82) is 0 Å². The average Bonchev–Trinajstić information content (AvgIpc) is 2.65. The van der Waals surface area contributed by atoms with Crippen LogP contribution in [-0.2, 0) is 20.7 Å². The van der Waals surface area contributed by atoms with Crippen molar-refractivity contribution in [3.8, 4) is 0 Å². The Balaban J connectivity index is 1.65. The molecule has 1 aromatic rings. The third kappa shape index (κ3) is 3.54. The molecule has 92 valence electrons. The minimum absolute atomic E-state index is 0.253. The van der Waals surface area contributed by atoms with E-state index in [1.54, 1.807) is 0 Å². The van der Waals surface area contributed by atoms with Gasteiger partial charge in [0.2, 0.25) is 6.29 Å². The molecule has 0 spiro atoms. The van der Waals surface area contributed by atoms with Gasteiger partial charge in [0.05, 0.1) is 19.1 Å². The van der Waals surface area contributed by atoms with Crippen LogP contribution in [0.4, 0.5) is 0 Å². The van der Waals surface area contributed by atoms with E-state index >= 15 is 0 Å². The van der Waals surface area contributed by atoms with Gasteiger partial charge in [0.1, 0.15) is 0 Å². The molecule has 2 atom stereocenters. The molecule has 0 saturated carbocycles. The molecule has 0 bridgehead atoms. The molecule has 1 aliphatic heterocycles. The van der Waals surface area contributed by atoms with Gasteiger partial charge in [-0.25, -0.2) is 0 Å². The second-order valence-corrected chi connectivity index (χ2v) is 4.19. The third-order valence-corrected chi connectivity index (χ3v) is 2.73. The highest BCUT2D eigenvalue weighted by molar-refractivity contribution is 5.72. The molecule has 1 heterocycles. The number of aryl methyl sites for hydroxylation is 1. The van der Waals surface area contributed by atoms with E-state index in [-0.39, 0.29) is 18.4 Å². The molecule has 2 unspecified atom stereocenters. The first kappa shape index (κ1) is 12.1. The molecule has 2 rings (SSSR count). The van der Waals surface area contributed by atoms with Gasteiger partial charge >= 0.3 is 5.97 Å². The molecule has 0 amide bonds. The highest BCUT2D eigenvalue weighted by Crippen LogP contribution is 2.14. The molecule has 1 aliphatic rings. The number of hydrogen-bond acceptors (Lipinski definition) is 4. The average molecular weight is 235 g/mol. The van der Waals surface area contributed by atoms with E-state index in [9.17, 15) is 4.79 Å². The summed E-state index contributed by atoms with van der Waals surface area (Å²) in [4.78, 5) is 10.9. The topological polar surface area (TPSA) is 61.6 Å². The van der Waals surface area contributed by atoms with Gasteiger partial charge in [-0.05, 0) is 18.4 Å². The van der Waals surface area contributed by atoms with Gasteiger partial charge in [0.25, 0.3) is 0 Å². The summed E-state index contributed by atoms with van der Waals surface area (Å²) in [6.45, 7) is 0.556. The smallest absolute Gasteiger partial charge is 0.309 e. The zero-order valence-electron chi connectivity index (χ0n) is 9.67. The number of benzene rings is 1. The summed E-state index contributed by atoms with van der Waals surface area (Å²) in [5.74, 6) is -0.273. The summed E-state index contributed by atoms with van der Waals surface area (Å²) in [5, 5.41) is 0. The Morgan fingerprint density at radius 2 is 2.12 bits per heavy atom. The summed E-state index contributed by atoms with van der Waals surface area (Å²) in [6, 6.07) is 9.88. The van der Waals surface area contributed by atoms with Gasteiger partial charge in [0, 0.05) is 0 Å². The second kappa shape index (κ2) is 5.80. The van der Waals surface area contributed by atoms with Crippen molar-refractivity contribution in [2.24, 2.45) is 5.73 Å². The highest BCUT2D eigenvalue weighted by Gasteiger charge is 2.32. The van der Waals surface area contributed by atoms with Crippen LogP contribution in [0.5, 0.6) is 0 Å². The molecule has 0 aromatic heterocycles. The zero-order valence-corrected chi connectivity index (χ0v) is 9.67. The van der Waals surface area contributed by atoms with Crippen molar-refractivity contribution in [1.82, 2.24) is 0 Å². The summed E-state index contributed by atoms with van der Waals surface area (Å²) in [6.07, 6.45) is 1.54. The van der Waals surface area contributed by atoms with Crippen molar-refractivity contribution in [2.75, 3.05) is 6.61 Å². The first-order valence-electron chi connectivity index (χ1n) is 5.86. The maximum absolute atomic E-state index is 10.9. The normalized spacial score (nSPS) is 23.7. The van der Waals surface area contributed by atoms with Gasteiger partial charge in [0.15, 0.2) is 0 Å². The Hall–Kier alpha value is -1.39. The standard InChI is InChI=1S/C13H17NO3/c14-11-9-12(15)17-13(11)16-8-4-7-10-5-2-1-3-6-10/h1-3,5-6,11,13H,4,7-9,14H2. The maximum atomic E-state index is 10.9. The number of esters is 1. The van der Waals surface area contributed by atoms with E-state index < -0.39 is 6.29 Å². The van der Waals surface area contributed by atoms with Gasteiger partial charge < -0.3 is 15.2 Å². The van der Waals surface area contributed by atoms with Crippen LogP contribution in [0.3, 0.4) is 0 Å². The van der Waals surface area contributed by atoms with Crippen molar-refractivity contribution in [2.45, 2.75) is 31.6 Å². The molecule has 0 radical (unpaired) electrons. The lowest BCUT2D eigenvalue weighted by molar-refractivity contribution is -0.163. The lowest BCUT2D eigenvalue weighted by atomic mass is 10.1. The van der Waals surface area contributed by atoms with Crippen molar-refractivity contribution >= 4 is 5.97 Å². The van der Waals surface area contributed by atoms with Crippen molar-refractivity contribution in [3.63, 3.8) is 0 Å². The maximum Gasteiger partial charge on any atom is 0.309 e. The Morgan fingerprint density at radius 1 is 1.35 bits per heavy atom. The summed E-state index contributed by atoms with van der Waals surface area (Å²) < 4.78 is 10.4. The number of carbonyl (C=O) groups excluding carboxylic acids is 1. The van der Waals surface area contributed by atoms with Crippen LogP contribution in [0, 0.1) is 0 Å². The number of ether oxygens (including phenoxy) is 2. The molecule has 1 aromatic carbocycles. The molecular weight excluding hydrogens is 218 g/mol. The van der Waals surface area contributed by atoms with Gasteiger partial charge in [-0.3, -0.25) is 4.79 Å². The van der Waals surface area contributed by atoms with Crippen LogP contribution in [0.2, 0.25) is 0 Å². The first-order chi connectivity index (χ1) is 8.25. The third-order valence-electron chi connectivity index (χ3n) is 2.73. The monoisotopic (exact) mass is 235 g/mol. The Labute approximate surface area is 101 Å². The number of cyclic esters (lactones) is 1. The summed E-state index contributed by atoms with van der Waals surface area (Å²) in [5.41, 5.74) is 6.97. The molecule has 4 heteroatoms. The first-order valence-corrected chi connectivity index (χ1v) is 5.86. The minimum Gasteiger partial charge on any atom is -0.434 e. The molecule has 4 nitrogen and oxygen atoms in total. The van der Waals surface area contributed by atoms with Crippen molar-refractivity contribution in [3.05, 3.63) is 35.9 Å². The second-order valence-electron chi connectivity index (χ2n) is 4.19. The lowest BCUT2D eigenvalue weighted by Crippen LogP contribution is -2.32. The van der Waals surface area contributed by atoms with E-state index in [2.05, 4.69) is 12.1 Å². The summed E-state index contributed by atoms with van der Waals surface area (Å²) in [7, 11) is 0. The fourth-order valence-corrected chi connectivity index (χ4v) is 1.83. The van der Waals surface area contributed by atoms with Crippen LogP contribution >= 0.6 is 0 Å². The SMILES string of the molecule is NC1CC(=O)OC1OCCCc1ccccc1. The number of rotatable bonds is 5. The largest absolute Gasteiger partial charge is 0.434 e. The Bertz CT molecular complexity index is 366. The minimum atomic E-state index is -0.557.